The summed E-state index contributed by atoms with van der Waals surface area (Å²) >= 11 is 15.4. The molecule has 0 unspecified atom stereocenters. The zero-order chi connectivity index (χ0) is 15.7. The standard InChI is InChI=1S/C16H8BrCl2NO2/c17-11-4-1-9(2-5-11)15-13(16(21)22-20-15)7-10-3-6-12(18)8-14(10)19/h1-8H. The van der Waals surface area contributed by atoms with Gasteiger partial charge in [0.05, 0.1) is 5.57 Å². The second kappa shape index (κ2) is 6.24. The summed E-state index contributed by atoms with van der Waals surface area (Å²) in [5.41, 5.74) is 2.28. The highest BCUT2D eigenvalue weighted by Gasteiger charge is 2.27. The van der Waals surface area contributed by atoms with Crippen LogP contribution in [0.25, 0.3) is 6.08 Å². The van der Waals surface area contributed by atoms with Gasteiger partial charge < -0.3 is 4.84 Å². The van der Waals surface area contributed by atoms with Crippen molar-refractivity contribution in [3.05, 3.63) is 73.7 Å². The topological polar surface area (TPSA) is 38.7 Å². The van der Waals surface area contributed by atoms with Crippen molar-refractivity contribution in [3.8, 4) is 0 Å². The minimum absolute atomic E-state index is 0.353. The van der Waals surface area contributed by atoms with E-state index in [9.17, 15) is 4.79 Å². The molecule has 0 aliphatic carbocycles. The molecule has 0 spiro atoms. The first-order valence-electron chi connectivity index (χ1n) is 6.27. The molecule has 0 bridgehead atoms. The lowest BCUT2D eigenvalue weighted by Crippen LogP contribution is -2.06. The van der Waals surface area contributed by atoms with E-state index < -0.39 is 5.97 Å². The molecule has 2 aromatic carbocycles. The van der Waals surface area contributed by atoms with E-state index in [1.54, 1.807) is 24.3 Å². The molecular weight excluding hydrogens is 389 g/mol. The van der Waals surface area contributed by atoms with Gasteiger partial charge in [0.25, 0.3) is 0 Å². The maximum absolute atomic E-state index is 11.9. The molecule has 1 aliphatic heterocycles. The van der Waals surface area contributed by atoms with E-state index in [1.807, 2.05) is 24.3 Å². The van der Waals surface area contributed by atoms with E-state index in [-0.39, 0.29) is 0 Å². The Labute approximate surface area is 145 Å². The van der Waals surface area contributed by atoms with Crippen LogP contribution in [-0.4, -0.2) is 11.7 Å². The van der Waals surface area contributed by atoms with Gasteiger partial charge in [-0.25, -0.2) is 4.79 Å². The van der Waals surface area contributed by atoms with Gasteiger partial charge in [-0.15, -0.1) is 0 Å². The van der Waals surface area contributed by atoms with Crippen molar-refractivity contribution in [1.82, 2.24) is 0 Å². The largest absolute Gasteiger partial charge is 0.368 e. The number of rotatable bonds is 2. The Morgan fingerprint density at radius 3 is 2.50 bits per heavy atom. The normalized spacial score (nSPS) is 15.9. The molecule has 0 fully saturated rings. The molecule has 110 valence electrons. The zero-order valence-electron chi connectivity index (χ0n) is 11.0. The van der Waals surface area contributed by atoms with Crippen LogP contribution in [-0.2, 0) is 9.63 Å². The van der Waals surface area contributed by atoms with Crippen molar-refractivity contribution in [2.24, 2.45) is 5.16 Å². The van der Waals surface area contributed by atoms with Gasteiger partial charge in [0.2, 0.25) is 0 Å². The fourth-order valence-electron chi connectivity index (χ4n) is 2.00. The van der Waals surface area contributed by atoms with Crippen molar-refractivity contribution < 1.29 is 9.63 Å². The lowest BCUT2D eigenvalue weighted by atomic mass is 10.0. The first-order valence-corrected chi connectivity index (χ1v) is 7.82. The van der Waals surface area contributed by atoms with Crippen LogP contribution in [0.3, 0.4) is 0 Å². The molecule has 1 aliphatic rings. The van der Waals surface area contributed by atoms with Crippen LogP contribution in [0, 0.1) is 0 Å². The first-order chi connectivity index (χ1) is 10.5. The van der Waals surface area contributed by atoms with Gasteiger partial charge in [0.15, 0.2) is 0 Å². The molecule has 22 heavy (non-hydrogen) atoms. The zero-order valence-corrected chi connectivity index (χ0v) is 14.1. The molecule has 0 saturated heterocycles. The summed E-state index contributed by atoms with van der Waals surface area (Å²) in [6.07, 6.45) is 1.65. The minimum atomic E-state index is -0.510. The number of carbonyl (C=O) groups is 1. The number of nitrogens with zero attached hydrogens (tertiary/aromatic N) is 1. The molecule has 1 heterocycles. The van der Waals surface area contributed by atoms with Crippen LogP contribution in [0.2, 0.25) is 10.0 Å². The molecular formula is C16H8BrCl2NO2. The molecule has 0 atom stereocenters. The van der Waals surface area contributed by atoms with E-state index in [0.717, 1.165) is 10.0 Å². The van der Waals surface area contributed by atoms with Gasteiger partial charge in [0.1, 0.15) is 5.71 Å². The lowest BCUT2D eigenvalue weighted by Gasteiger charge is -2.03. The molecule has 3 nitrogen and oxygen atoms in total. The fourth-order valence-corrected chi connectivity index (χ4v) is 2.73. The van der Waals surface area contributed by atoms with Crippen LogP contribution < -0.4 is 0 Å². The Kier molecular flexibility index (Phi) is 4.34. The Balaban J connectivity index is 2.03. The van der Waals surface area contributed by atoms with E-state index in [4.69, 9.17) is 28.0 Å². The van der Waals surface area contributed by atoms with Gasteiger partial charge in [-0.1, -0.05) is 62.5 Å². The quantitative estimate of drug-likeness (QED) is 0.523. The van der Waals surface area contributed by atoms with Crippen LogP contribution in [0.1, 0.15) is 11.1 Å². The van der Waals surface area contributed by atoms with Crippen molar-refractivity contribution in [1.29, 1.82) is 0 Å². The van der Waals surface area contributed by atoms with Crippen molar-refractivity contribution in [2.75, 3.05) is 0 Å². The maximum Gasteiger partial charge on any atom is 0.368 e. The summed E-state index contributed by atoms with van der Waals surface area (Å²) in [6.45, 7) is 0. The van der Waals surface area contributed by atoms with Crippen LogP contribution in [0.4, 0.5) is 0 Å². The van der Waals surface area contributed by atoms with Gasteiger partial charge >= 0.3 is 5.97 Å². The molecule has 0 radical (unpaired) electrons. The average molecular weight is 397 g/mol. The molecule has 0 N–H and O–H groups in total. The van der Waals surface area contributed by atoms with Crippen molar-refractivity contribution >= 4 is 56.9 Å². The van der Waals surface area contributed by atoms with Crippen molar-refractivity contribution in [3.63, 3.8) is 0 Å². The summed E-state index contributed by atoms with van der Waals surface area (Å²) in [7, 11) is 0. The number of benzene rings is 2. The smallest absolute Gasteiger partial charge is 0.312 e. The van der Waals surface area contributed by atoms with Crippen molar-refractivity contribution in [2.45, 2.75) is 0 Å². The fraction of sp³-hybridized carbons (Fsp3) is 0. The Morgan fingerprint density at radius 1 is 1.09 bits per heavy atom. The molecule has 0 amide bonds. The predicted molar refractivity (Wildman–Crippen MR) is 91.2 cm³/mol. The first kappa shape index (κ1) is 15.3. The number of carbonyl (C=O) groups excluding carboxylic acids is 1. The van der Waals surface area contributed by atoms with Gasteiger partial charge in [-0.2, -0.15) is 0 Å². The number of hydrogen-bond acceptors (Lipinski definition) is 3. The third kappa shape index (κ3) is 3.09. The summed E-state index contributed by atoms with van der Waals surface area (Å²) in [4.78, 5) is 16.7. The minimum Gasteiger partial charge on any atom is -0.312 e. The molecule has 0 aromatic heterocycles. The number of halogens is 3. The van der Waals surface area contributed by atoms with E-state index >= 15 is 0 Å². The number of oxime groups is 1. The second-order valence-corrected chi connectivity index (χ2v) is 6.31. The van der Waals surface area contributed by atoms with E-state index in [2.05, 4.69) is 21.1 Å². The highest BCUT2D eigenvalue weighted by atomic mass is 79.9. The average Bonchev–Trinajstić information content (AvgIpc) is 2.84. The van der Waals surface area contributed by atoms with Crippen LogP contribution >= 0.6 is 39.1 Å². The maximum atomic E-state index is 11.9. The Bertz CT molecular complexity index is 813. The van der Waals surface area contributed by atoms with Gasteiger partial charge in [-0.3, -0.25) is 0 Å². The molecule has 0 saturated carbocycles. The Morgan fingerprint density at radius 2 is 1.82 bits per heavy atom. The highest BCUT2D eigenvalue weighted by Crippen LogP contribution is 2.26. The SMILES string of the molecule is O=C1ON=C(c2ccc(Br)cc2)C1=Cc1ccc(Cl)cc1Cl. The second-order valence-electron chi connectivity index (χ2n) is 4.55. The summed E-state index contributed by atoms with van der Waals surface area (Å²) in [6, 6.07) is 12.5. The van der Waals surface area contributed by atoms with Crippen LogP contribution in [0.15, 0.2) is 57.7 Å². The van der Waals surface area contributed by atoms with Crippen LogP contribution in [0.5, 0.6) is 0 Å². The van der Waals surface area contributed by atoms with E-state index in [1.165, 1.54) is 0 Å². The van der Waals surface area contributed by atoms with E-state index in [0.29, 0.717) is 26.9 Å². The molecule has 3 rings (SSSR count). The van der Waals surface area contributed by atoms with Gasteiger partial charge in [-0.05, 0) is 35.9 Å². The predicted octanol–water partition coefficient (Wildman–Crippen LogP) is 5.10. The molecule has 6 heteroatoms. The summed E-state index contributed by atoms with van der Waals surface area (Å²) in [5, 5.41) is 4.84. The monoisotopic (exact) mass is 395 g/mol. The lowest BCUT2D eigenvalue weighted by molar-refractivity contribution is -0.136. The third-order valence-electron chi connectivity index (χ3n) is 3.07. The summed E-state index contributed by atoms with van der Waals surface area (Å²) < 4.78 is 0.938. The highest BCUT2D eigenvalue weighted by molar-refractivity contribution is 9.10. The summed E-state index contributed by atoms with van der Waals surface area (Å²) in [5.74, 6) is -0.510. The Hall–Kier alpha value is -1.62. The third-order valence-corrected chi connectivity index (χ3v) is 4.17. The number of hydrogen-bond donors (Lipinski definition) is 0. The molecule has 2 aromatic rings. The van der Waals surface area contributed by atoms with Gasteiger partial charge in [0, 0.05) is 20.1 Å².